The van der Waals surface area contributed by atoms with Gasteiger partial charge in [0.2, 0.25) is 17.7 Å². The molecule has 0 spiro atoms. The average molecular weight is 277 g/mol. The van der Waals surface area contributed by atoms with Crippen molar-refractivity contribution in [3.63, 3.8) is 0 Å². The predicted octanol–water partition coefficient (Wildman–Crippen LogP) is 0.573. The van der Waals surface area contributed by atoms with Gasteiger partial charge in [-0.3, -0.25) is 9.59 Å². The first-order valence-electron chi connectivity index (χ1n) is 6.59. The number of nitrogens with one attached hydrogen (secondary N) is 1. The van der Waals surface area contributed by atoms with Gasteiger partial charge in [-0.1, -0.05) is 19.9 Å². The van der Waals surface area contributed by atoms with E-state index in [9.17, 15) is 9.59 Å². The molecule has 1 aliphatic rings. The minimum atomic E-state index is -0.459. The van der Waals surface area contributed by atoms with E-state index in [0.29, 0.717) is 12.4 Å². The molecule has 108 valence electrons. The number of rotatable bonds is 4. The monoisotopic (exact) mass is 277 g/mol. The van der Waals surface area contributed by atoms with E-state index in [1.807, 2.05) is 19.9 Å². The second kappa shape index (κ2) is 5.90. The maximum absolute atomic E-state index is 12.4. The highest BCUT2D eigenvalue weighted by atomic mass is 16.5. The Hall–Kier alpha value is -2.11. The second-order valence-corrected chi connectivity index (χ2v) is 5.16. The normalized spacial score (nSPS) is 19.2. The summed E-state index contributed by atoms with van der Waals surface area (Å²) in [5, 5.41) is 2.73. The average Bonchev–Trinajstić information content (AvgIpc) is 2.42. The topological polar surface area (TPSA) is 71.5 Å². The van der Waals surface area contributed by atoms with E-state index in [2.05, 4.69) is 10.3 Å². The first-order chi connectivity index (χ1) is 9.52. The molecule has 0 aliphatic carbocycles. The summed E-state index contributed by atoms with van der Waals surface area (Å²) < 4.78 is 5.17. The van der Waals surface area contributed by atoms with Gasteiger partial charge in [0.1, 0.15) is 6.04 Å². The summed E-state index contributed by atoms with van der Waals surface area (Å²) in [4.78, 5) is 29.7. The number of amides is 2. The van der Waals surface area contributed by atoms with E-state index in [1.54, 1.807) is 17.2 Å². The van der Waals surface area contributed by atoms with Crippen LogP contribution in [0.15, 0.2) is 18.3 Å². The zero-order valence-corrected chi connectivity index (χ0v) is 11.9. The van der Waals surface area contributed by atoms with Crippen LogP contribution < -0.4 is 10.1 Å². The molecule has 6 heteroatoms. The SMILES string of the molecule is COc1ncccc1CN1CC(=O)NC(C(C)C)C1=O. The number of nitrogens with zero attached hydrogens (tertiary/aromatic N) is 2. The number of pyridine rings is 1. The summed E-state index contributed by atoms with van der Waals surface area (Å²) >= 11 is 0. The van der Waals surface area contributed by atoms with Crippen LogP contribution in [-0.2, 0) is 16.1 Å². The Morgan fingerprint density at radius 3 is 2.90 bits per heavy atom. The number of piperazine rings is 1. The summed E-state index contributed by atoms with van der Waals surface area (Å²) in [5.41, 5.74) is 0.792. The van der Waals surface area contributed by atoms with Crippen molar-refractivity contribution in [2.45, 2.75) is 26.4 Å². The van der Waals surface area contributed by atoms with Crippen LogP contribution in [0.2, 0.25) is 0 Å². The number of methoxy groups -OCH3 is 1. The Morgan fingerprint density at radius 1 is 1.50 bits per heavy atom. The molecule has 0 radical (unpaired) electrons. The van der Waals surface area contributed by atoms with Crippen LogP contribution in [0.25, 0.3) is 0 Å². The Bertz CT molecular complexity index is 516. The molecule has 1 aromatic heterocycles. The maximum atomic E-state index is 12.4. The summed E-state index contributed by atoms with van der Waals surface area (Å²) in [6.07, 6.45) is 1.63. The molecule has 0 saturated carbocycles. The molecule has 1 aromatic rings. The minimum Gasteiger partial charge on any atom is -0.481 e. The number of aromatic nitrogens is 1. The molecular weight excluding hydrogens is 258 g/mol. The largest absolute Gasteiger partial charge is 0.481 e. The third kappa shape index (κ3) is 2.89. The van der Waals surface area contributed by atoms with Gasteiger partial charge < -0.3 is 15.0 Å². The van der Waals surface area contributed by atoms with Gasteiger partial charge in [-0.05, 0) is 12.0 Å². The molecular formula is C14H19N3O3. The van der Waals surface area contributed by atoms with Crippen LogP contribution in [0.1, 0.15) is 19.4 Å². The van der Waals surface area contributed by atoms with E-state index < -0.39 is 6.04 Å². The number of ether oxygens (including phenoxy) is 1. The fourth-order valence-electron chi connectivity index (χ4n) is 2.25. The highest BCUT2D eigenvalue weighted by Gasteiger charge is 2.34. The van der Waals surface area contributed by atoms with Crippen molar-refractivity contribution in [2.75, 3.05) is 13.7 Å². The fraction of sp³-hybridized carbons (Fsp3) is 0.500. The maximum Gasteiger partial charge on any atom is 0.246 e. The Kier molecular flexibility index (Phi) is 4.22. The quantitative estimate of drug-likeness (QED) is 0.873. The molecule has 0 aromatic carbocycles. The summed E-state index contributed by atoms with van der Waals surface area (Å²) in [5.74, 6) is 0.342. The van der Waals surface area contributed by atoms with Crippen LogP contribution in [-0.4, -0.2) is 41.4 Å². The highest BCUT2D eigenvalue weighted by molar-refractivity contribution is 5.94. The van der Waals surface area contributed by atoms with E-state index in [0.717, 1.165) is 5.56 Å². The molecule has 1 atom stereocenters. The van der Waals surface area contributed by atoms with Crippen LogP contribution >= 0.6 is 0 Å². The lowest BCUT2D eigenvalue weighted by Gasteiger charge is -2.34. The molecule has 1 fully saturated rings. The predicted molar refractivity (Wildman–Crippen MR) is 73.0 cm³/mol. The lowest BCUT2D eigenvalue weighted by atomic mass is 10.0. The van der Waals surface area contributed by atoms with Crippen LogP contribution in [0.5, 0.6) is 5.88 Å². The molecule has 1 unspecified atom stereocenters. The van der Waals surface area contributed by atoms with Crippen molar-refractivity contribution >= 4 is 11.8 Å². The molecule has 20 heavy (non-hydrogen) atoms. The van der Waals surface area contributed by atoms with Gasteiger partial charge in [-0.2, -0.15) is 0 Å². The Labute approximate surface area is 118 Å². The fourth-order valence-corrected chi connectivity index (χ4v) is 2.25. The van der Waals surface area contributed by atoms with Gasteiger partial charge in [-0.15, -0.1) is 0 Å². The van der Waals surface area contributed by atoms with E-state index in [-0.39, 0.29) is 24.3 Å². The van der Waals surface area contributed by atoms with Crippen molar-refractivity contribution in [1.29, 1.82) is 0 Å². The number of carbonyl (C=O) groups excluding carboxylic acids is 2. The van der Waals surface area contributed by atoms with Crippen LogP contribution in [0.3, 0.4) is 0 Å². The molecule has 6 nitrogen and oxygen atoms in total. The molecule has 1 N–H and O–H groups in total. The van der Waals surface area contributed by atoms with Crippen molar-refractivity contribution < 1.29 is 14.3 Å². The van der Waals surface area contributed by atoms with E-state index in [1.165, 1.54) is 7.11 Å². The van der Waals surface area contributed by atoms with Crippen molar-refractivity contribution in [3.05, 3.63) is 23.9 Å². The first-order valence-corrected chi connectivity index (χ1v) is 6.59. The molecule has 2 amide bonds. The summed E-state index contributed by atoms with van der Waals surface area (Å²) in [7, 11) is 1.54. The van der Waals surface area contributed by atoms with Gasteiger partial charge in [0.05, 0.1) is 20.2 Å². The number of carbonyl (C=O) groups is 2. The van der Waals surface area contributed by atoms with Gasteiger partial charge in [0.25, 0.3) is 0 Å². The third-order valence-corrected chi connectivity index (χ3v) is 3.30. The van der Waals surface area contributed by atoms with Crippen molar-refractivity contribution in [3.8, 4) is 5.88 Å². The lowest BCUT2D eigenvalue weighted by molar-refractivity contribution is -0.146. The minimum absolute atomic E-state index is 0.0602. The van der Waals surface area contributed by atoms with Gasteiger partial charge in [0, 0.05) is 11.8 Å². The molecule has 2 rings (SSSR count). The van der Waals surface area contributed by atoms with Gasteiger partial charge in [0.15, 0.2) is 0 Å². The van der Waals surface area contributed by atoms with Crippen LogP contribution in [0, 0.1) is 5.92 Å². The standard InChI is InChI=1S/C14H19N3O3/c1-9(2)12-14(19)17(8-11(18)16-12)7-10-5-4-6-15-13(10)20-3/h4-6,9,12H,7-8H2,1-3H3,(H,16,18). The first kappa shape index (κ1) is 14.3. The Morgan fingerprint density at radius 2 is 2.25 bits per heavy atom. The second-order valence-electron chi connectivity index (χ2n) is 5.16. The van der Waals surface area contributed by atoms with Crippen molar-refractivity contribution in [2.24, 2.45) is 5.92 Å². The van der Waals surface area contributed by atoms with E-state index >= 15 is 0 Å². The third-order valence-electron chi connectivity index (χ3n) is 3.30. The summed E-state index contributed by atoms with van der Waals surface area (Å²) in [6, 6.07) is 3.17. The summed E-state index contributed by atoms with van der Waals surface area (Å²) in [6.45, 7) is 4.22. The van der Waals surface area contributed by atoms with Gasteiger partial charge >= 0.3 is 0 Å². The van der Waals surface area contributed by atoms with E-state index in [4.69, 9.17) is 4.74 Å². The zero-order chi connectivity index (χ0) is 14.7. The highest BCUT2D eigenvalue weighted by Crippen LogP contribution is 2.19. The molecule has 2 heterocycles. The lowest BCUT2D eigenvalue weighted by Crippen LogP contribution is -2.59. The zero-order valence-electron chi connectivity index (χ0n) is 11.9. The molecule has 1 aliphatic heterocycles. The van der Waals surface area contributed by atoms with Gasteiger partial charge in [-0.25, -0.2) is 4.98 Å². The molecule has 1 saturated heterocycles. The molecule has 0 bridgehead atoms. The Balaban J connectivity index is 2.19. The van der Waals surface area contributed by atoms with Crippen LogP contribution in [0.4, 0.5) is 0 Å². The number of hydrogen-bond donors (Lipinski definition) is 1. The number of hydrogen-bond acceptors (Lipinski definition) is 4. The smallest absolute Gasteiger partial charge is 0.246 e. The van der Waals surface area contributed by atoms with Crippen molar-refractivity contribution in [1.82, 2.24) is 15.2 Å².